The van der Waals surface area contributed by atoms with E-state index in [9.17, 15) is 18.4 Å². The molecule has 8 nitrogen and oxygen atoms in total. The second-order valence-electron chi connectivity index (χ2n) is 6.79. The molecule has 162 valence electrons. The molecule has 1 unspecified atom stereocenters. The molecule has 0 saturated heterocycles. The average Bonchev–Trinajstić information content (AvgIpc) is 2.72. The fraction of sp³-hybridized carbons (Fsp3) is 0.200. The molecule has 11 heteroatoms. The van der Waals surface area contributed by atoms with Crippen LogP contribution < -0.4 is 26.7 Å². The van der Waals surface area contributed by atoms with Gasteiger partial charge in [0.2, 0.25) is 5.95 Å². The van der Waals surface area contributed by atoms with Crippen molar-refractivity contribution in [2.24, 2.45) is 0 Å². The fourth-order valence-electron chi connectivity index (χ4n) is 2.89. The maximum Gasteiger partial charge on any atom is 0.355 e. The number of nitrogens with zero attached hydrogens (tertiary/aromatic N) is 3. The highest BCUT2D eigenvalue weighted by molar-refractivity contribution is 7.27. The summed E-state index contributed by atoms with van der Waals surface area (Å²) in [4.78, 5) is 29.4. The molecule has 0 spiro atoms. The second kappa shape index (κ2) is 9.18. The molecular weight excluding hydrogens is 427 g/mol. The monoisotopic (exact) mass is 447 g/mol. The third kappa shape index (κ3) is 5.03. The van der Waals surface area contributed by atoms with Gasteiger partial charge in [0.05, 0.1) is 20.2 Å². The first kappa shape index (κ1) is 22.3. The van der Waals surface area contributed by atoms with Gasteiger partial charge in [-0.15, -0.1) is 9.24 Å². The van der Waals surface area contributed by atoms with Crippen molar-refractivity contribution in [2.75, 3.05) is 12.4 Å². The summed E-state index contributed by atoms with van der Waals surface area (Å²) in [6.07, 6.45) is 0. The molecule has 0 aliphatic heterocycles. The largest absolute Gasteiger partial charge is 0.497 e. The lowest BCUT2D eigenvalue weighted by molar-refractivity contribution is 0.415. The molecule has 1 aromatic heterocycles. The van der Waals surface area contributed by atoms with Crippen LogP contribution in [0.25, 0.3) is 0 Å². The van der Waals surface area contributed by atoms with Crippen molar-refractivity contribution in [2.45, 2.75) is 20.0 Å². The van der Waals surface area contributed by atoms with E-state index >= 15 is 0 Å². The lowest BCUT2D eigenvalue weighted by Crippen LogP contribution is -2.43. The Labute approximate surface area is 178 Å². The number of nitrogens with one attached hydrogen (secondary N) is 2. The van der Waals surface area contributed by atoms with Crippen LogP contribution in [0.4, 0.5) is 20.4 Å². The third-order valence-corrected chi connectivity index (χ3v) is 4.77. The number of anilines is 2. The summed E-state index contributed by atoms with van der Waals surface area (Å²) in [5, 5.41) is 10.5. The predicted molar refractivity (Wildman–Crippen MR) is 117 cm³/mol. The summed E-state index contributed by atoms with van der Waals surface area (Å²) in [6, 6.07) is 9.05. The van der Waals surface area contributed by atoms with Gasteiger partial charge in [-0.2, -0.15) is 4.98 Å². The summed E-state index contributed by atoms with van der Waals surface area (Å²) >= 11 is 0. The minimum atomic E-state index is -1.06. The number of ether oxygens (including phenoxy) is 1. The molecule has 3 aromatic rings. The first-order valence-corrected chi connectivity index (χ1v) is 9.67. The van der Waals surface area contributed by atoms with E-state index < -0.39 is 23.0 Å². The van der Waals surface area contributed by atoms with Crippen molar-refractivity contribution in [1.82, 2.24) is 14.1 Å². The van der Waals surface area contributed by atoms with Crippen LogP contribution in [0, 0.1) is 17.0 Å². The van der Waals surface area contributed by atoms with Crippen LogP contribution in [0.1, 0.15) is 12.5 Å². The highest BCUT2D eigenvalue weighted by atomic mass is 31.0. The highest BCUT2D eigenvalue weighted by Gasteiger charge is 2.16. The van der Waals surface area contributed by atoms with E-state index in [1.165, 1.54) is 20.1 Å². The quantitative estimate of drug-likeness (QED) is 0.426. The zero-order valence-corrected chi connectivity index (χ0v) is 17.9. The maximum absolute atomic E-state index is 13.9. The van der Waals surface area contributed by atoms with Crippen molar-refractivity contribution in [3.05, 3.63) is 74.6 Å². The zero-order valence-electron chi connectivity index (χ0n) is 16.8. The van der Waals surface area contributed by atoms with Gasteiger partial charge in [0.1, 0.15) is 5.75 Å². The van der Waals surface area contributed by atoms with Crippen LogP contribution in [-0.4, -0.2) is 26.9 Å². The van der Waals surface area contributed by atoms with Gasteiger partial charge in [0.25, 0.3) is 0 Å². The standard InChI is InChI=1S/C20H20F2N5O3P/c1-11(23)9-27-19(28)25-18(24-13-3-5-14(30-2)6-4-13)26(20(27)29)10-12-7-15(21)17(22)16(31)8-12/h3-8,23H,9-10,31H2,1-2H3,(H,24,25,28). The molecule has 0 fully saturated rings. The molecule has 0 bridgehead atoms. The summed E-state index contributed by atoms with van der Waals surface area (Å²) < 4.78 is 34.6. The topological polar surface area (TPSA) is 102 Å². The molecular formula is C20H20F2N5O3P. The van der Waals surface area contributed by atoms with Crippen LogP contribution in [0.2, 0.25) is 0 Å². The van der Waals surface area contributed by atoms with Crippen LogP contribution in [0.3, 0.4) is 0 Å². The summed E-state index contributed by atoms with van der Waals surface area (Å²) in [5.74, 6) is -1.52. The molecule has 1 atom stereocenters. The molecule has 0 saturated carbocycles. The summed E-state index contributed by atoms with van der Waals surface area (Å²) in [7, 11) is 3.62. The molecule has 1 heterocycles. The summed E-state index contributed by atoms with van der Waals surface area (Å²) in [6.45, 7) is 1.04. The third-order valence-electron chi connectivity index (χ3n) is 4.35. The number of hydrogen-bond acceptors (Lipinski definition) is 6. The van der Waals surface area contributed by atoms with Crippen molar-refractivity contribution in [3.63, 3.8) is 0 Å². The van der Waals surface area contributed by atoms with Gasteiger partial charge in [-0.1, -0.05) is 0 Å². The van der Waals surface area contributed by atoms with E-state index in [-0.39, 0.29) is 30.1 Å². The van der Waals surface area contributed by atoms with Gasteiger partial charge in [-0.25, -0.2) is 22.9 Å². The Balaban J connectivity index is 2.11. The van der Waals surface area contributed by atoms with Crippen molar-refractivity contribution >= 4 is 31.9 Å². The first-order chi connectivity index (χ1) is 14.7. The summed E-state index contributed by atoms with van der Waals surface area (Å²) in [5.41, 5.74) is -0.664. The Morgan fingerprint density at radius 2 is 1.87 bits per heavy atom. The van der Waals surface area contributed by atoms with Gasteiger partial charge < -0.3 is 15.5 Å². The van der Waals surface area contributed by atoms with Gasteiger partial charge in [-0.3, -0.25) is 4.57 Å². The Hall–Kier alpha value is -3.39. The lowest BCUT2D eigenvalue weighted by atomic mass is 10.2. The zero-order chi connectivity index (χ0) is 22.7. The van der Waals surface area contributed by atoms with E-state index in [1.54, 1.807) is 24.3 Å². The molecule has 31 heavy (non-hydrogen) atoms. The Bertz CT molecular complexity index is 1230. The fourth-order valence-corrected chi connectivity index (χ4v) is 3.24. The molecule has 0 radical (unpaired) electrons. The Morgan fingerprint density at radius 1 is 1.19 bits per heavy atom. The van der Waals surface area contributed by atoms with Crippen LogP contribution in [0.5, 0.6) is 5.75 Å². The van der Waals surface area contributed by atoms with Crippen molar-refractivity contribution < 1.29 is 13.5 Å². The molecule has 0 amide bonds. The first-order valence-electron chi connectivity index (χ1n) is 9.09. The van der Waals surface area contributed by atoms with Crippen molar-refractivity contribution in [1.29, 1.82) is 5.41 Å². The smallest absolute Gasteiger partial charge is 0.355 e. The van der Waals surface area contributed by atoms with Crippen LogP contribution >= 0.6 is 9.24 Å². The Kier molecular flexibility index (Phi) is 6.60. The number of hydrogen-bond donors (Lipinski definition) is 2. The van der Waals surface area contributed by atoms with E-state index in [4.69, 9.17) is 10.1 Å². The number of halogens is 2. The number of aromatic nitrogens is 3. The van der Waals surface area contributed by atoms with Crippen molar-refractivity contribution in [3.8, 4) is 5.75 Å². The lowest BCUT2D eigenvalue weighted by Gasteiger charge is -2.16. The van der Waals surface area contributed by atoms with Gasteiger partial charge in [-0.05, 0) is 48.9 Å². The number of methoxy groups -OCH3 is 1. The van der Waals surface area contributed by atoms with Gasteiger partial charge >= 0.3 is 11.4 Å². The normalized spacial score (nSPS) is 10.7. The molecule has 2 N–H and O–H groups in total. The van der Waals surface area contributed by atoms with E-state index in [1.807, 2.05) is 0 Å². The minimum absolute atomic E-state index is 0.00401. The maximum atomic E-state index is 13.9. The Morgan fingerprint density at radius 3 is 2.45 bits per heavy atom. The molecule has 2 aromatic carbocycles. The molecule has 0 aliphatic carbocycles. The number of benzene rings is 2. The second-order valence-corrected chi connectivity index (χ2v) is 7.41. The molecule has 0 aliphatic rings. The van der Waals surface area contributed by atoms with Crippen LogP contribution in [0.15, 0.2) is 46.0 Å². The van der Waals surface area contributed by atoms with E-state index in [0.29, 0.717) is 17.0 Å². The van der Waals surface area contributed by atoms with E-state index in [0.717, 1.165) is 15.2 Å². The SMILES string of the molecule is COc1ccc(Nc2nc(=O)n(CC(C)=N)c(=O)n2Cc2cc(F)c(F)c(P)c2)cc1. The predicted octanol–water partition coefficient (Wildman–Crippen LogP) is 2.02. The minimum Gasteiger partial charge on any atom is -0.497 e. The number of rotatable bonds is 7. The van der Waals surface area contributed by atoms with Gasteiger partial charge in [0.15, 0.2) is 11.6 Å². The van der Waals surface area contributed by atoms with Gasteiger partial charge in [0, 0.05) is 16.7 Å². The highest BCUT2D eigenvalue weighted by Crippen LogP contribution is 2.18. The molecule has 3 rings (SSSR count). The van der Waals surface area contributed by atoms with Crippen LogP contribution in [-0.2, 0) is 13.1 Å². The van der Waals surface area contributed by atoms with E-state index in [2.05, 4.69) is 19.5 Å². The average molecular weight is 447 g/mol.